The lowest BCUT2D eigenvalue weighted by Gasteiger charge is -2.22. The topological polar surface area (TPSA) is 77.9 Å². The van der Waals surface area contributed by atoms with Crippen molar-refractivity contribution < 1.29 is 19.5 Å². The molecule has 0 bridgehead atoms. The van der Waals surface area contributed by atoms with Crippen LogP contribution in [0.3, 0.4) is 0 Å². The van der Waals surface area contributed by atoms with E-state index in [1.54, 1.807) is 11.9 Å². The van der Waals surface area contributed by atoms with E-state index >= 15 is 0 Å². The van der Waals surface area contributed by atoms with Crippen LogP contribution in [0.4, 0.5) is 0 Å². The monoisotopic (exact) mass is 254 g/mol. The third-order valence-corrected chi connectivity index (χ3v) is 3.50. The highest BCUT2D eigenvalue weighted by atomic mass is 16.4. The van der Waals surface area contributed by atoms with E-state index < -0.39 is 12.0 Å². The summed E-state index contributed by atoms with van der Waals surface area (Å²) in [6, 6.07) is -0.269. The van der Waals surface area contributed by atoms with Crippen LogP contribution in [0.5, 0.6) is 0 Å². The van der Waals surface area contributed by atoms with Crippen molar-refractivity contribution in [2.24, 2.45) is 0 Å². The van der Waals surface area contributed by atoms with Crippen LogP contribution in [0.25, 0.3) is 0 Å². The highest BCUT2D eigenvalue weighted by Crippen LogP contribution is 2.32. The van der Waals surface area contributed by atoms with E-state index in [9.17, 15) is 14.4 Å². The molecule has 0 spiro atoms. The quantitative estimate of drug-likeness (QED) is 0.679. The van der Waals surface area contributed by atoms with E-state index in [0.717, 1.165) is 12.8 Å². The van der Waals surface area contributed by atoms with E-state index in [1.165, 1.54) is 4.90 Å². The van der Waals surface area contributed by atoms with Gasteiger partial charge in [0.25, 0.3) is 0 Å². The number of likely N-dealkylation sites (tertiary alicyclic amines) is 1. The zero-order chi connectivity index (χ0) is 13.3. The number of aliphatic carboxylic acids is 1. The van der Waals surface area contributed by atoms with Crippen molar-refractivity contribution >= 4 is 17.8 Å². The lowest BCUT2D eigenvalue weighted by Crippen LogP contribution is -2.41. The van der Waals surface area contributed by atoms with Crippen molar-refractivity contribution in [3.05, 3.63) is 0 Å². The minimum atomic E-state index is -0.836. The maximum absolute atomic E-state index is 12.1. The van der Waals surface area contributed by atoms with Gasteiger partial charge in [0.2, 0.25) is 11.8 Å². The number of carboxylic acids is 1. The molecule has 18 heavy (non-hydrogen) atoms. The summed E-state index contributed by atoms with van der Waals surface area (Å²) in [6.07, 6.45) is 2.66. The van der Waals surface area contributed by atoms with Gasteiger partial charge in [-0.15, -0.1) is 0 Å². The summed E-state index contributed by atoms with van der Waals surface area (Å²) in [5, 5.41) is 8.56. The van der Waals surface area contributed by atoms with E-state index in [1.807, 2.05) is 0 Å². The number of carboxylic acid groups (broad SMARTS) is 1. The van der Waals surface area contributed by atoms with E-state index in [2.05, 4.69) is 0 Å². The first kappa shape index (κ1) is 13.0. The highest BCUT2D eigenvalue weighted by Gasteiger charge is 2.47. The summed E-state index contributed by atoms with van der Waals surface area (Å²) in [6.45, 7) is 0.522. The maximum Gasteiger partial charge on any atom is 0.303 e. The zero-order valence-electron chi connectivity index (χ0n) is 10.5. The summed E-state index contributed by atoms with van der Waals surface area (Å²) in [4.78, 5) is 37.4. The normalized spacial score (nSPS) is 24.1. The molecular weight excluding hydrogens is 236 g/mol. The van der Waals surface area contributed by atoms with Crippen molar-refractivity contribution in [2.75, 3.05) is 13.6 Å². The van der Waals surface area contributed by atoms with Gasteiger partial charge in [-0.3, -0.25) is 24.2 Å². The van der Waals surface area contributed by atoms with Gasteiger partial charge in [-0.1, -0.05) is 0 Å². The number of amides is 2. The minimum Gasteiger partial charge on any atom is -0.481 e. The molecule has 1 aliphatic carbocycles. The summed E-state index contributed by atoms with van der Waals surface area (Å²) < 4.78 is 0. The van der Waals surface area contributed by atoms with E-state index in [-0.39, 0.29) is 30.7 Å². The van der Waals surface area contributed by atoms with Gasteiger partial charge >= 0.3 is 5.97 Å². The Hall–Kier alpha value is -1.43. The van der Waals surface area contributed by atoms with Crippen LogP contribution in [0.2, 0.25) is 0 Å². The van der Waals surface area contributed by atoms with Gasteiger partial charge in [0.1, 0.15) is 0 Å². The molecule has 6 nitrogen and oxygen atoms in total. The van der Waals surface area contributed by atoms with Crippen LogP contribution < -0.4 is 0 Å². The fourth-order valence-corrected chi connectivity index (χ4v) is 2.33. The predicted molar refractivity (Wildman–Crippen MR) is 62.8 cm³/mol. The molecule has 1 unspecified atom stereocenters. The fraction of sp³-hybridized carbons (Fsp3) is 0.750. The second-order valence-electron chi connectivity index (χ2n) is 5.03. The van der Waals surface area contributed by atoms with E-state index in [4.69, 9.17) is 5.11 Å². The number of carbonyl (C=O) groups excluding carboxylic acids is 2. The summed E-state index contributed by atoms with van der Waals surface area (Å²) in [5.41, 5.74) is 0. The van der Waals surface area contributed by atoms with Crippen LogP contribution in [0, 0.1) is 0 Å². The van der Waals surface area contributed by atoms with Crippen molar-refractivity contribution in [1.82, 2.24) is 9.80 Å². The van der Waals surface area contributed by atoms with Crippen molar-refractivity contribution in [3.8, 4) is 0 Å². The Morgan fingerprint density at radius 3 is 2.67 bits per heavy atom. The maximum atomic E-state index is 12.1. The average Bonchev–Trinajstić information content (AvgIpc) is 3.05. The van der Waals surface area contributed by atoms with Crippen LogP contribution in [0.15, 0.2) is 0 Å². The molecular formula is C12H18N2O4. The number of imide groups is 1. The van der Waals surface area contributed by atoms with Gasteiger partial charge in [-0.05, 0) is 32.9 Å². The molecule has 1 heterocycles. The number of hydrogen-bond donors (Lipinski definition) is 1. The van der Waals surface area contributed by atoms with Crippen LogP contribution >= 0.6 is 0 Å². The van der Waals surface area contributed by atoms with Crippen LogP contribution in [0.1, 0.15) is 32.1 Å². The first-order chi connectivity index (χ1) is 8.50. The number of hydrogen-bond acceptors (Lipinski definition) is 4. The molecule has 2 amide bonds. The molecule has 0 aromatic carbocycles. The van der Waals surface area contributed by atoms with Crippen molar-refractivity contribution in [1.29, 1.82) is 0 Å². The zero-order valence-corrected chi connectivity index (χ0v) is 10.5. The number of carbonyl (C=O) groups is 3. The lowest BCUT2D eigenvalue weighted by molar-refractivity contribution is -0.140. The third kappa shape index (κ3) is 2.69. The smallest absolute Gasteiger partial charge is 0.303 e. The highest BCUT2D eigenvalue weighted by molar-refractivity contribution is 6.06. The fourth-order valence-electron chi connectivity index (χ4n) is 2.33. The molecule has 0 aromatic heterocycles. The molecule has 0 aromatic rings. The molecule has 1 aliphatic heterocycles. The van der Waals surface area contributed by atoms with Crippen LogP contribution in [-0.2, 0) is 14.4 Å². The number of rotatable bonds is 6. The molecule has 1 saturated heterocycles. The number of likely N-dealkylation sites (N-methyl/N-ethyl adjacent to an activating group) is 1. The van der Waals surface area contributed by atoms with Gasteiger partial charge in [-0.2, -0.15) is 0 Å². The minimum absolute atomic E-state index is 0.0856. The standard InChI is InChI=1S/C12H18N2O4/c1-13(6-2-3-11(16)17)9-7-10(15)14(12(9)18)8-4-5-8/h8-9H,2-7H2,1H3,(H,16,17). The summed E-state index contributed by atoms with van der Waals surface area (Å²) in [7, 11) is 1.77. The molecule has 1 saturated carbocycles. The van der Waals surface area contributed by atoms with E-state index in [0.29, 0.717) is 13.0 Å². The first-order valence-corrected chi connectivity index (χ1v) is 6.28. The molecule has 0 radical (unpaired) electrons. The SMILES string of the molecule is CN(CCCC(=O)O)C1CC(=O)N(C2CC2)C1=O. The average molecular weight is 254 g/mol. The molecule has 1 N–H and O–H groups in total. The molecule has 6 heteroatoms. The van der Waals surface area contributed by atoms with Crippen molar-refractivity contribution in [2.45, 2.75) is 44.2 Å². The molecule has 2 fully saturated rings. The van der Waals surface area contributed by atoms with Gasteiger partial charge in [0.05, 0.1) is 12.5 Å². The number of nitrogens with zero attached hydrogens (tertiary/aromatic N) is 2. The lowest BCUT2D eigenvalue weighted by atomic mass is 10.2. The second kappa shape index (κ2) is 5.06. The molecule has 2 rings (SSSR count). The Morgan fingerprint density at radius 2 is 2.11 bits per heavy atom. The molecule has 2 aliphatic rings. The summed E-state index contributed by atoms with van der Waals surface area (Å²) >= 11 is 0. The Kier molecular flexibility index (Phi) is 3.65. The van der Waals surface area contributed by atoms with Crippen molar-refractivity contribution in [3.63, 3.8) is 0 Å². The molecule has 1 atom stereocenters. The predicted octanol–water partition coefficient (Wildman–Crippen LogP) is 0.0729. The van der Waals surface area contributed by atoms with Gasteiger partial charge < -0.3 is 5.11 Å². The Bertz CT molecular complexity index is 378. The Labute approximate surface area is 106 Å². The van der Waals surface area contributed by atoms with Crippen LogP contribution in [-0.4, -0.2) is 58.4 Å². The summed E-state index contributed by atoms with van der Waals surface area (Å²) in [5.74, 6) is -1.03. The first-order valence-electron chi connectivity index (χ1n) is 6.28. The third-order valence-electron chi connectivity index (χ3n) is 3.50. The molecule has 100 valence electrons. The van der Waals surface area contributed by atoms with Gasteiger partial charge in [-0.25, -0.2) is 0 Å². The van der Waals surface area contributed by atoms with Gasteiger partial charge in [0, 0.05) is 12.5 Å². The second-order valence-corrected chi connectivity index (χ2v) is 5.03. The van der Waals surface area contributed by atoms with Gasteiger partial charge in [0.15, 0.2) is 0 Å². The Morgan fingerprint density at radius 1 is 1.44 bits per heavy atom. The Balaban J connectivity index is 1.87. The largest absolute Gasteiger partial charge is 0.481 e.